The van der Waals surface area contributed by atoms with E-state index >= 15 is 0 Å². The fourth-order valence-corrected chi connectivity index (χ4v) is 1.86. The molecule has 17 heavy (non-hydrogen) atoms. The van der Waals surface area contributed by atoms with Crippen LogP contribution < -0.4 is 10.4 Å². The van der Waals surface area contributed by atoms with Crippen molar-refractivity contribution >= 4 is 21.9 Å². The fourth-order valence-electron chi connectivity index (χ4n) is 1.86. The van der Waals surface area contributed by atoms with Crippen molar-refractivity contribution in [2.24, 2.45) is 0 Å². The zero-order chi connectivity index (χ0) is 11.8. The highest BCUT2D eigenvalue weighted by Gasteiger charge is 2.08. The van der Waals surface area contributed by atoms with Crippen molar-refractivity contribution in [2.45, 2.75) is 0 Å². The predicted octanol–water partition coefficient (Wildman–Crippen LogP) is 2.35. The van der Waals surface area contributed by atoms with Gasteiger partial charge in [-0.25, -0.2) is 4.79 Å². The van der Waals surface area contributed by atoms with Crippen molar-refractivity contribution in [1.82, 2.24) is 4.98 Å². The van der Waals surface area contributed by atoms with Crippen molar-refractivity contribution in [1.29, 1.82) is 0 Å². The first-order valence-electron chi connectivity index (χ1n) is 5.15. The number of fused-ring (bicyclic) bond motifs is 3. The van der Waals surface area contributed by atoms with E-state index in [0.717, 1.165) is 5.39 Å². The first-order chi connectivity index (χ1) is 8.29. The molecule has 84 valence electrons. The first-order valence-corrected chi connectivity index (χ1v) is 5.15. The number of aromatic nitrogens is 1. The third-order valence-electron chi connectivity index (χ3n) is 2.68. The van der Waals surface area contributed by atoms with E-state index in [2.05, 4.69) is 4.98 Å². The van der Waals surface area contributed by atoms with Crippen LogP contribution in [0.25, 0.3) is 21.9 Å². The maximum absolute atomic E-state index is 11.8. The second kappa shape index (κ2) is 3.59. The van der Waals surface area contributed by atoms with Crippen LogP contribution in [0.15, 0.2) is 45.7 Å². The summed E-state index contributed by atoms with van der Waals surface area (Å²) < 4.78 is 10.3. The van der Waals surface area contributed by atoms with Crippen molar-refractivity contribution in [3.63, 3.8) is 0 Å². The molecule has 4 nitrogen and oxygen atoms in total. The highest BCUT2D eigenvalue weighted by molar-refractivity contribution is 6.02. The van der Waals surface area contributed by atoms with Gasteiger partial charge >= 0.3 is 5.63 Å². The molecule has 0 unspecified atom stereocenters. The summed E-state index contributed by atoms with van der Waals surface area (Å²) in [7, 11) is 1.56. The highest BCUT2D eigenvalue weighted by Crippen LogP contribution is 2.23. The van der Waals surface area contributed by atoms with Crippen molar-refractivity contribution in [2.75, 3.05) is 7.11 Å². The lowest BCUT2D eigenvalue weighted by Crippen LogP contribution is -2.00. The summed E-state index contributed by atoms with van der Waals surface area (Å²) in [4.78, 5) is 16.0. The predicted molar refractivity (Wildman–Crippen MR) is 64.3 cm³/mol. The van der Waals surface area contributed by atoms with Crippen LogP contribution in [0.4, 0.5) is 0 Å². The van der Waals surface area contributed by atoms with Gasteiger partial charge in [0, 0.05) is 11.6 Å². The van der Waals surface area contributed by atoms with Gasteiger partial charge in [-0.2, -0.15) is 0 Å². The van der Waals surface area contributed by atoms with Gasteiger partial charge < -0.3 is 9.15 Å². The number of methoxy groups -OCH3 is 1. The van der Waals surface area contributed by atoms with Crippen LogP contribution in [0, 0.1) is 0 Å². The fraction of sp³-hybridized carbons (Fsp3) is 0.0769. The topological polar surface area (TPSA) is 52.3 Å². The minimum atomic E-state index is -0.376. The third-order valence-corrected chi connectivity index (χ3v) is 2.68. The van der Waals surface area contributed by atoms with E-state index in [1.165, 1.54) is 0 Å². The average molecular weight is 227 g/mol. The molecule has 2 heterocycles. The number of nitrogens with zero attached hydrogens (tertiary/aromatic N) is 1. The number of benzene rings is 1. The zero-order valence-corrected chi connectivity index (χ0v) is 9.14. The molecule has 2 aromatic heterocycles. The molecule has 0 aliphatic rings. The Morgan fingerprint density at radius 3 is 2.94 bits per heavy atom. The molecular formula is C13H9NO3. The van der Waals surface area contributed by atoms with Crippen LogP contribution in [0.1, 0.15) is 0 Å². The molecule has 0 atom stereocenters. The maximum atomic E-state index is 11.8. The molecule has 0 aliphatic carbocycles. The lowest BCUT2D eigenvalue weighted by molar-refractivity contribution is 0.415. The van der Waals surface area contributed by atoms with Gasteiger partial charge in [-0.05, 0) is 30.3 Å². The molecule has 0 saturated carbocycles. The van der Waals surface area contributed by atoms with Crippen molar-refractivity contribution < 1.29 is 9.15 Å². The minimum Gasteiger partial charge on any atom is -0.497 e. The molecule has 0 spiro atoms. The van der Waals surface area contributed by atoms with Crippen LogP contribution in [0.2, 0.25) is 0 Å². The second-order valence-electron chi connectivity index (χ2n) is 3.65. The summed E-state index contributed by atoms with van der Waals surface area (Å²) in [5, 5.41) is 1.26. The molecule has 0 saturated heterocycles. The number of pyridine rings is 1. The summed E-state index contributed by atoms with van der Waals surface area (Å²) >= 11 is 0. The molecular weight excluding hydrogens is 218 g/mol. The molecule has 3 rings (SSSR count). The van der Waals surface area contributed by atoms with E-state index in [-0.39, 0.29) is 5.63 Å². The van der Waals surface area contributed by atoms with Gasteiger partial charge in [-0.15, -0.1) is 0 Å². The lowest BCUT2D eigenvalue weighted by atomic mass is 10.1. The molecule has 0 bridgehead atoms. The van der Waals surface area contributed by atoms with Gasteiger partial charge in [0.15, 0.2) is 5.58 Å². The van der Waals surface area contributed by atoms with Gasteiger partial charge in [0.2, 0.25) is 0 Å². The molecule has 0 N–H and O–H groups in total. The summed E-state index contributed by atoms with van der Waals surface area (Å²) in [6, 6.07) is 8.75. The largest absolute Gasteiger partial charge is 0.497 e. The van der Waals surface area contributed by atoms with Crippen molar-refractivity contribution in [3.05, 3.63) is 46.9 Å². The van der Waals surface area contributed by atoms with E-state index in [1.54, 1.807) is 37.6 Å². The molecule has 1 aromatic carbocycles. The van der Waals surface area contributed by atoms with Gasteiger partial charge in [-0.1, -0.05) is 0 Å². The lowest BCUT2D eigenvalue weighted by Gasteiger charge is -2.03. The van der Waals surface area contributed by atoms with Crippen LogP contribution in [0.5, 0.6) is 5.75 Å². The van der Waals surface area contributed by atoms with E-state index in [1.807, 2.05) is 6.07 Å². The standard InChI is InChI=1S/C13H9NO3/c1-16-8-4-5-9-10(7-8)13(15)17-11-3-2-6-14-12(9)11/h2-7H,1H3. The summed E-state index contributed by atoms with van der Waals surface area (Å²) in [5.41, 5.74) is 0.805. The van der Waals surface area contributed by atoms with E-state index in [0.29, 0.717) is 22.2 Å². The van der Waals surface area contributed by atoms with Gasteiger partial charge in [0.25, 0.3) is 0 Å². The monoisotopic (exact) mass is 227 g/mol. The first kappa shape index (κ1) is 9.84. The molecule has 0 fully saturated rings. The Kier molecular flexibility index (Phi) is 2.08. The highest BCUT2D eigenvalue weighted by atomic mass is 16.5. The van der Waals surface area contributed by atoms with E-state index in [9.17, 15) is 4.79 Å². The third kappa shape index (κ3) is 1.45. The smallest absolute Gasteiger partial charge is 0.344 e. The number of ether oxygens (including phenoxy) is 1. The Morgan fingerprint density at radius 1 is 1.24 bits per heavy atom. The van der Waals surface area contributed by atoms with E-state index < -0.39 is 0 Å². The summed E-state index contributed by atoms with van der Waals surface area (Å²) in [6.07, 6.45) is 1.67. The van der Waals surface area contributed by atoms with Crippen LogP contribution in [-0.4, -0.2) is 12.1 Å². The SMILES string of the molecule is COc1ccc2c(c1)c(=O)oc1cccnc12. The van der Waals surface area contributed by atoms with Crippen LogP contribution in [-0.2, 0) is 0 Å². The molecule has 3 aromatic rings. The molecule has 0 amide bonds. The van der Waals surface area contributed by atoms with Crippen LogP contribution in [0.3, 0.4) is 0 Å². The zero-order valence-electron chi connectivity index (χ0n) is 9.14. The van der Waals surface area contributed by atoms with Gasteiger partial charge in [-0.3, -0.25) is 4.98 Å². The quantitative estimate of drug-likeness (QED) is 0.599. The normalized spacial score (nSPS) is 10.9. The van der Waals surface area contributed by atoms with Gasteiger partial charge in [0.1, 0.15) is 11.3 Å². The second-order valence-corrected chi connectivity index (χ2v) is 3.65. The number of hydrogen-bond acceptors (Lipinski definition) is 4. The minimum absolute atomic E-state index is 0.376. The Balaban J connectivity index is 2.54. The maximum Gasteiger partial charge on any atom is 0.344 e. The molecule has 0 radical (unpaired) electrons. The Morgan fingerprint density at radius 2 is 2.12 bits per heavy atom. The van der Waals surface area contributed by atoms with Gasteiger partial charge in [0.05, 0.1) is 12.5 Å². The summed E-state index contributed by atoms with van der Waals surface area (Å²) in [6.45, 7) is 0. The molecule has 0 aliphatic heterocycles. The Bertz CT molecular complexity index is 761. The number of hydrogen-bond donors (Lipinski definition) is 0. The molecule has 4 heteroatoms. The van der Waals surface area contributed by atoms with Crippen LogP contribution >= 0.6 is 0 Å². The Hall–Kier alpha value is -2.36. The summed E-state index contributed by atoms with van der Waals surface area (Å²) in [5.74, 6) is 0.625. The number of rotatable bonds is 1. The van der Waals surface area contributed by atoms with E-state index in [4.69, 9.17) is 9.15 Å². The average Bonchev–Trinajstić information content (AvgIpc) is 2.38. The van der Waals surface area contributed by atoms with Crippen molar-refractivity contribution in [3.8, 4) is 5.75 Å². The Labute approximate surface area is 96.5 Å².